The predicted octanol–water partition coefficient (Wildman–Crippen LogP) is 4.65. The Morgan fingerprint density at radius 1 is 0.884 bits per heavy atom. The van der Waals surface area contributed by atoms with Crippen molar-refractivity contribution in [1.82, 2.24) is 19.1 Å². The number of halogens is 2. The first kappa shape index (κ1) is 27.9. The van der Waals surface area contributed by atoms with Crippen LogP contribution in [0.5, 0.6) is 0 Å². The summed E-state index contributed by atoms with van der Waals surface area (Å²) in [6.45, 7) is 3.26. The molecule has 1 unspecified atom stereocenters. The van der Waals surface area contributed by atoms with Gasteiger partial charge in [-0.25, -0.2) is 26.9 Å². The van der Waals surface area contributed by atoms with Crippen molar-refractivity contribution in [3.05, 3.63) is 107 Å². The second-order valence-corrected chi connectivity index (χ2v) is 13.4. The summed E-state index contributed by atoms with van der Waals surface area (Å²) in [4.78, 5) is 6.73. The summed E-state index contributed by atoms with van der Waals surface area (Å²) < 4.78 is 64.1. The first-order chi connectivity index (χ1) is 20.8. The van der Waals surface area contributed by atoms with Crippen LogP contribution in [0.1, 0.15) is 23.2 Å². The van der Waals surface area contributed by atoms with E-state index in [1.54, 1.807) is 51.6 Å². The molecule has 2 aromatic heterocycles. The number of rotatable bonds is 6. The molecule has 1 atom stereocenters. The average Bonchev–Trinajstić information content (AvgIpc) is 3.43. The molecule has 2 saturated heterocycles. The molecular weight excluding hydrogens is 572 g/mol. The minimum Gasteiger partial charge on any atom is -0.378 e. The van der Waals surface area contributed by atoms with E-state index in [4.69, 9.17) is 4.74 Å². The fraction of sp³-hybridized carbons (Fsp3) is 0.312. The quantitative estimate of drug-likeness (QED) is 0.320. The Labute approximate surface area is 249 Å². The van der Waals surface area contributed by atoms with E-state index >= 15 is 0 Å². The highest BCUT2D eigenvalue weighted by Crippen LogP contribution is 2.47. The number of hydrogen-bond acceptors (Lipinski definition) is 6. The number of anilines is 1. The van der Waals surface area contributed by atoms with Crippen LogP contribution in [0.25, 0.3) is 11.8 Å². The van der Waals surface area contributed by atoms with Crippen LogP contribution in [0, 0.1) is 17.0 Å². The number of sulfonamides is 1. The number of piperidine rings is 1. The van der Waals surface area contributed by atoms with Crippen molar-refractivity contribution in [2.24, 2.45) is 5.41 Å². The highest BCUT2D eigenvalue weighted by Gasteiger charge is 2.46. The first-order valence-electron chi connectivity index (χ1n) is 14.4. The van der Waals surface area contributed by atoms with E-state index < -0.39 is 15.4 Å². The largest absolute Gasteiger partial charge is 0.378 e. The molecule has 2 fully saturated rings. The van der Waals surface area contributed by atoms with E-state index in [0.717, 1.165) is 33.9 Å². The van der Waals surface area contributed by atoms with Crippen LogP contribution in [0.4, 0.5) is 14.6 Å². The molecule has 8 nitrogen and oxygen atoms in total. The van der Waals surface area contributed by atoms with Gasteiger partial charge in [-0.15, -0.1) is 0 Å². The molecule has 0 saturated carbocycles. The van der Waals surface area contributed by atoms with Gasteiger partial charge in [-0.05, 0) is 85.0 Å². The molecule has 0 amide bonds. The van der Waals surface area contributed by atoms with Crippen molar-refractivity contribution in [3.8, 4) is 5.69 Å². The minimum atomic E-state index is -3.83. The zero-order valence-corrected chi connectivity index (χ0v) is 24.3. The van der Waals surface area contributed by atoms with Gasteiger partial charge in [-0.2, -0.15) is 9.40 Å². The fourth-order valence-electron chi connectivity index (χ4n) is 6.51. The molecule has 3 aliphatic rings. The van der Waals surface area contributed by atoms with Crippen LogP contribution in [-0.4, -0.2) is 66.9 Å². The maximum absolute atomic E-state index is 14.0. The topological polar surface area (TPSA) is 80.6 Å². The Hall–Kier alpha value is -3.93. The fourth-order valence-corrected chi connectivity index (χ4v) is 7.98. The number of nitrogens with zero attached hydrogens (tertiary/aromatic N) is 5. The maximum atomic E-state index is 14.0. The summed E-state index contributed by atoms with van der Waals surface area (Å²) in [5.41, 5.74) is 4.14. The number of pyridine rings is 1. The molecule has 0 radical (unpaired) electrons. The zero-order chi connectivity index (χ0) is 29.6. The summed E-state index contributed by atoms with van der Waals surface area (Å²) in [5, 5.41) is 4.62. The number of morpholine rings is 1. The van der Waals surface area contributed by atoms with Gasteiger partial charge in [0.15, 0.2) is 0 Å². The van der Waals surface area contributed by atoms with Gasteiger partial charge in [0.1, 0.15) is 22.3 Å². The summed E-state index contributed by atoms with van der Waals surface area (Å²) in [6, 6.07) is 16.0. The second kappa shape index (κ2) is 11.0. The van der Waals surface area contributed by atoms with E-state index in [9.17, 15) is 17.2 Å². The van der Waals surface area contributed by atoms with E-state index in [1.165, 1.54) is 30.5 Å². The summed E-state index contributed by atoms with van der Waals surface area (Å²) in [7, 11) is -3.83. The van der Waals surface area contributed by atoms with E-state index in [2.05, 4.69) is 21.1 Å². The van der Waals surface area contributed by atoms with Crippen molar-refractivity contribution < 1.29 is 21.9 Å². The zero-order valence-electron chi connectivity index (χ0n) is 23.5. The number of ether oxygens (including phenoxy) is 1. The molecule has 1 aliphatic carbocycles. The third-order valence-corrected chi connectivity index (χ3v) is 10.6. The van der Waals surface area contributed by atoms with Gasteiger partial charge >= 0.3 is 0 Å². The van der Waals surface area contributed by atoms with Gasteiger partial charge in [0.25, 0.3) is 0 Å². The number of benzene rings is 2. The Balaban J connectivity index is 1.22. The summed E-state index contributed by atoms with van der Waals surface area (Å²) in [5.74, 6) is 0.0993. The smallest absolute Gasteiger partial charge is 0.244 e. The van der Waals surface area contributed by atoms with Crippen molar-refractivity contribution in [3.63, 3.8) is 0 Å². The highest BCUT2D eigenvalue weighted by molar-refractivity contribution is 7.89. The van der Waals surface area contributed by atoms with Crippen LogP contribution in [-0.2, 0) is 27.6 Å². The number of fused-ring (bicyclic) bond motifs is 2. The molecule has 4 aromatic rings. The molecule has 0 N–H and O–H groups in total. The monoisotopic (exact) mass is 603 g/mol. The Morgan fingerprint density at radius 2 is 1.60 bits per heavy atom. The van der Waals surface area contributed by atoms with Gasteiger partial charge in [0.2, 0.25) is 10.0 Å². The Bertz CT molecular complexity index is 1770. The summed E-state index contributed by atoms with van der Waals surface area (Å²) >= 11 is 0. The molecular formula is C32H31F2N5O3S. The Kier molecular flexibility index (Phi) is 7.11. The number of hydrogen-bond donors (Lipinski definition) is 0. The van der Waals surface area contributed by atoms with Gasteiger partial charge in [0, 0.05) is 37.8 Å². The van der Waals surface area contributed by atoms with Gasteiger partial charge in [0.05, 0.1) is 30.8 Å². The molecule has 2 aliphatic heterocycles. The van der Waals surface area contributed by atoms with Crippen LogP contribution < -0.4 is 4.90 Å². The van der Waals surface area contributed by atoms with Crippen LogP contribution in [0.2, 0.25) is 0 Å². The van der Waals surface area contributed by atoms with Crippen LogP contribution >= 0.6 is 0 Å². The van der Waals surface area contributed by atoms with Crippen molar-refractivity contribution in [2.75, 3.05) is 44.3 Å². The lowest BCUT2D eigenvalue weighted by Crippen LogP contribution is -2.50. The van der Waals surface area contributed by atoms with Gasteiger partial charge in [-0.3, -0.25) is 0 Å². The third-order valence-electron chi connectivity index (χ3n) is 8.74. The van der Waals surface area contributed by atoms with Gasteiger partial charge < -0.3 is 9.64 Å². The average molecular weight is 604 g/mol. The Morgan fingerprint density at radius 3 is 2.30 bits per heavy atom. The molecule has 0 bridgehead atoms. The lowest BCUT2D eigenvalue weighted by Gasteiger charge is -2.46. The van der Waals surface area contributed by atoms with Crippen molar-refractivity contribution >= 4 is 21.9 Å². The van der Waals surface area contributed by atoms with E-state index in [1.807, 2.05) is 0 Å². The number of aromatic nitrogens is 3. The van der Waals surface area contributed by atoms with E-state index in [0.29, 0.717) is 52.1 Å². The van der Waals surface area contributed by atoms with Crippen LogP contribution in [0.3, 0.4) is 0 Å². The maximum Gasteiger partial charge on any atom is 0.244 e. The van der Waals surface area contributed by atoms with Crippen LogP contribution in [0.15, 0.2) is 83.5 Å². The molecule has 4 heterocycles. The SMILES string of the molecule is O=S(=O)(c1ccc(N2CCOCC2)nc1)N1CCC2=Cc3c(cnn3-c3ccc(F)cc3)CC2(Cc2ccc(F)cc2)C1. The summed E-state index contributed by atoms with van der Waals surface area (Å²) in [6.07, 6.45) is 7.01. The highest BCUT2D eigenvalue weighted by atomic mass is 32.2. The minimum absolute atomic E-state index is 0.162. The standard InChI is InChI=1S/C32H31F2N5O3S/c33-26-3-1-23(2-4-26)18-32-19-24-20-36-39(28-7-5-27(34)6-8-28)30(24)17-25(32)11-12-38(22-32)43(40,41)29-9-10-31(35-21-29)37-13-15-42-16-14-37/h1-10,17,20-21H,11-16,18-19,22H2. The van der Waals surface area contributed by atoms with Gasteiger partial charge in [-0.1, -0.05) is 17.7 Å². The molecule has 7 rings (SSSR count). The lowest BCUT2D eigenvalue weighted by molar-refractivity contribution is 0.122. The van der Waals surface area contributed by atoms with E-state index in [-0.39, 0.29) is 23.1 Å². The molecule has 43 heavy (non-hydrogen) atoms. The molecule has 11 heteroatoms. The molecule has 222 valence electrons. The first-order valence-corrected chi connectivity index (χ1v) is 15.8. The normalized spacial score (nSPS) is 20.8. The second-order valence-electron chi connectivity index (χ2n) is 11.4. The van der Waals surface area contributed by atoms with Crippen molar-refractivity contribution in [2.45, 2.75) is 24.2 Å². The molecule has 0 spiro atoms. The third kappa shape index (κ3) is 5.26. The van der Waals surface area contributed by atoms with Crippen molar-refractivity contribution in [1.29, 1.82) is 0 Å². The lowest BCUT2D eigenvalue weighted by atomic mass is 9.66. The predicted molar refractivity (Wildman–Crippen MR) is 158 cm³/mol. The molecule has 2 aromatic carbocycles.